The number of thiocarbonyl (C=S) groups is 1. The summed E-state index contributed by atoms with van der Waals surface area (Å²) in [6.07, 6.45) is 0.737. The molecule has 1 aromatic heterocycles. The number of rotatable bonds is 8. The highest BCUT2D eigenvalue weighted by atomic mass is 35.5. The number of amides is 1. The molecular formula is C21H25Cl2N5O4S. The number of aromatic nitrogens is 2. The van der Waals surface area contributed by atoms with Crippen molar-refractivity contribution in [2.24, 2.45) is 5.41 Å². The van der Waals surface area contributed by atoms with Crippen LogP contribution in [0.25, 0.3) is 0 Å². The van der Waals surface area contributed by atoms with Crippen molar-refractivity contribution in [3.63, 3.8) is 0 Å². The summed E-state index contributed by atoms with van der Waals surface area (Å²) >= 11 is 17.7. The van der Waals surface area contributed by atoms with E-state index in [1.165, 1.54) is 9.47 Å². The van der Waals surface area contributed by atoms with Gasteiger partial charge >= 0.3 is 5.69 Å². The molecule has 0 aliphatic heterocycles. The molecule has 0 bridgehead atoms. The maximum Gasteiger partial charge on any atom is 0.330 e. The van der Waals surface area contributed by atoms with E-state index in [9.17, 15) is 14.4 Å². The number of anilines is 2. The Morgan fingerprint density at radius 1 is 1.33 bits per heavy atom. The molecular weight excluding hydrogens is 489 g/mol. The minimum atomic E-state index is -1.19. The van der Waals surface area contributed by atoms with Crippen LogP contribution in [-0.2, 0) is 16.1 Å². The number of nitrogens with zero attached hydrogens (tertiary/aromatic N) is 2. The van der Waals surface area contributed by atoms with Gasteiger partial charge in [-0.1, -0.05) is 30.3 Å². The Bertz CT molecular complexity index is 1170. The fourth-order valence-electron chi connectivity index (χ4n) is 3.39. The predicted molar refractivity (Wildman–Crippen MR) is 133 cm³/mol. The van der Waals surface area contributed by atoms with Crippen LogP contribution in [0.5, 0.6) is 0 Å². The van der Waals surface area contributed by atoms with Crippen molar-refractivity contribution in [2.75, 3.05) is 30.9 Å². The molecule has 9 nitrogen and oxygen atoms in total. The molecule has 0 unspecified atom stereocenters. The molecule has 12 heteroatoms. The van der Waals surface area contributed by atoms with Gasteiger partial charge in [0.25, 0.3) is 5.56 Å². The van der Waals surface area contributed by atoms with Crippen LogP contribution in [0, 0.1) is 5.41 Å². The van der Waals surface area contributed by atoms with Crippen LogP contribution in [-0.4, -0.2) is 45.2 Å². The Labute approximate surface area is 205 Å². The van der Waals surface area contributed by atoms with Crippen LogP contribution in [0.1, 0.15) is 25.3 Å². The first-order chi connectivity index (χ1) is 15.5. The third-order valence-corrected chi connectivity index (χ3v) is 7.05. The third-order valence-electron chi connectivity index (χ3n) is 5.62. The quantitative estimate of drug-likeness (QED) is 0.280. The van der Waals surface area contributed by atoms with E-state index >= 15 is 0 Å². The predicted octanol–water partition coefficient (Wildman–Crippen LogP) is 1.99. The highest BCUT2D eigenvalue weighted by molar-refractivity contribution is 7.80. The minimum Gasteiger partial charge on any atom is -0.385 e. The average molecular weight is 514 g/mol. The molecule has 0 spiro atoms. The smallest absolute Gasteiger partial charge is 0.330 e. The molecule has 0 saturated heterocycles. The number of carbonyl (C=O) groups is 1. The zero-order valence-corrected chi connectivity index (χ0v) is 20.5. The zero-order valence-electron chi connectivity index (χ0n) is 18.2. The van der Waals surface area contributed by atoms with E-state index in [1.54, 1.807) is 14.0 Å². The van der Waals surface area contributed by atoms with Gasteiger partial charge in [0.05, 0.1) is 12.0 Å². The maximum atomic E-state index is 12.8. The lowest BCUT2D eigenvalue weighted by Gasteiger charge is -2.27. The lowest BCUT2D eigenvalue weighted by Crippen LogP contribution is -2.49. The molecule has 0 radical (unpaired) electrons. The van der Waals surface area contributed by atoms with Crippen LogP contribution in [0.15, 0.2) is 39.9 Å². The number of benzene rings is 1. The van der Waals surface area contributed by atoms with Crippen LogP contribution in [0.4, 0.5) is 11.5 Å². The SMILES string of the molecule is COCCCN(C(=S)NC(=O)[C@@]1(C)CC1(Cl)Cl)c1c(N)n(Cc2ccccc2)c(=O)[nH]c1=O. The van der Waals surface area contributed by atoms with E-state index in [2.05, 4.69) is 10.3 Å². The number of nitrogen functional groups attached to an aromatic ring is 1. The van der Waals surface area contributed by atoms with Crippen molar-refractivity contribution < 1.29 is 9.53 Å². The average Bonchev–Trinajstić information content (AvgIpc) is 3.29. The van der Waals surface area contributed by atoms with Gasteiger partial charge < -0.3 is 20.7 Å². The Morgan fingerprint density at radius 2 is 1.97 bits per heavy atom. The number of hydrogen-bond donors (Lipinski definition) is 3. The van der Waals surface area contributed by atoms with Crippen LogP contribution >= 0.6 is 35.4 Å². The van der Waals surface area contributed by atoms with Gasteiger partial charge in [-0.05, 0) is 37.5 Å². The van der Waals surface area contributed by atoms with Crippen molar-refractivity contribution >= 4 is 57.9 Å². The lowest BCUT2D eigenvalue weighted by molar-refractivity contribution is -0.124. The second-order valence-electron chi connectivity index (χ2n) is 8.04. The highest BCUT2D eigenvalue weighted by Crippen LogP contribution is 2.63. The molecule has 1 saturated carbocycles. The molecule has 178 valence electrons. The van der Waals surface area contributed by atoms with E-state index in [4.69, 9.17) is 45.9 Å². The zero-order chi connectivity index (χ0) is 24.4. The van der Waals surface area contributed by atoms with Gasteiger partial charge in [-0.2, -0.15) is 0 Å². The minimum absolute atomic E-state index is 0.0455. The van der Waals surface area contributed by atoms with Gasteiger partial charge in [-0.15, -0.1) is 23.2 Å². The van der Waals surface area contributed by atoms with Gasteiger partial charge in [-0.25, -0.2) is 4.79 Å². The largest absolute Gasteiger partial charge is 0.385 e. The van der Waals surface area contributed by atoms with Crippen molar-refractivity contribution in [1.82, 2.24) is 14.9 Å². The second-order valence-corrected chi connectivity index (χ2v) is 9.91. The van der Waals surface area contributed by atoms with Gasteiger partial charge in [0.2, 0.25) is 5.91 Å². The highest BCUT2D eigenvalue weighted by Gasteiger charge is 2.68. The third kappa shape index (κ3) is 5.24. The number of nitrogens with two attached hydrogens (primary N) is 1. The van der Waals surface area contributed by atoms with Crippen molar-refractivity contribution in [2.45, 2.75) is 30.6 Å². The number of nitrogens with one attached hydrogen (secondary N) is 2. The molecule has 1 heterocycles. The summed E-state index contributed by atoms with van der Waals surface area (Å²) in [7, 11) is 1.54. The number of halogens is 2. The van der Waals surface area contributed by atoms with Crippen molar-refractivity contribution in [3.05, 3.63) is 56.7 Å². The molecule has 2 aromatic rings. The second kappa shape index (κ2) is 9.84. The van der Waals surface area contributed by atoms with E-state index in [-0.39, 0.29) is 36.1 Å². The monoisotopic (exact) mass is 513 g/mol. The maximum absolute atomic E-state index is 12.8. The van der Waals surface area contributed by atoms with Gasteiger partial charge in [0.1, 0.15) is 10.2 Å². The summed E-state index contributed by atoms with van der Waals surface area (Å²) in [6.45, 7) is 2.34. The van der Waals surface area contributed by atoms with Crippen molar-refractivity contribution in [3.8, 4) is 0 Å². The number of H-pyrrole nitrogens is 1. The first-order valence-corrected chi connectivity index (χ1v) is 11.3. The van der Waals surface area contributed by atoms with Crippen LogP contribution < -0.4 is 27.2 Å². The number of alkyl halides is 2. The molecule has 1 aliphatic rings. The number of hydrogen-bond acceptors (Lipinski definition) is 6. The fraction of sp³-hybridized carbons (Fsp3) is 0.429. The molecule has 4 N–H and O–H groups in total. The van der Waals surface area contributed by atoms with Gasteiger partial charge in [0.15, 0.2) is 10.8 Å². The summed E-state index contributed by atoms with van der Waals surface area (Å²) in [5.74, 6) is -0.551. The molecule has 1 fully saturated rings. The van der Waals surface area contributed by atoms with Crippen molar-refractivity contribution in [1.29, 1.82) is 0 Å². The first-order valence-electron chi connectivity index (χ1n) is 10.2. The van der Waals surface area contributed by atoms with Crippen LogP contribution in [0.3, 0.4) is 0 Å². The summed E-state index contributed by atoms with van der Waals surface area (Å²) in [5.41, 5.74) is 4.68. The number of carbonyl (C=O) groups excluding carboxylic acids is 1. The molecule has 1 amide bonds. The Kier molecular flexibility index (Phi) is 7.52. The molecule has 1 aromatic carbocycles. The fourth-order valence-corrected chi connectivity index (χ4v) is 4.37. The summed E-state index contributed by atoms with van der Waals surface area (Å²) in [6, 6.07) is 9.18. The molecule has 3 rings (SSSR count). The standard InChI is InChI=1S/C21H25Cl2N5O4S/c1-20(12-21(20,22)23)17(30)26-19(33)27(9-6-10-32-2)14-15(24)28(18(31)25-16(14)29)11-13-7-4-3-5-8-13/h3-5,7-8H,6,9-12,24H2,1-2H3,(H,25,29,31)(H,26,30,33)/t20-/m1/s1. The van der Waals surface area contributed by atoms with E-state index in [0.717, 1.165) is 5.56 Å². The van der Waals surface area contributed by atoms with E-state index < -0.39 is 26.9 Å². The Balaban J connectivity index is 1.97. The lowest BCUT2D eigenvalue weighted by atomic mass is 10.1. The molecule has 1 atom stereocenters. The Morgan fingerprint density at radius 3 is 2.55 bits per heavy atom. The van der Waals surface area contributed by atoms with Crippen LogP contribution in [0.2, 0.25) is 0 Å². The summed E-state index contributed by atoms with van der Waals surface area (Å²) in [5, 5.41) is 2.55. The molecule has 1 aliphatic carbocycles. The summed E-state index contributed by atoms with van der Waals surface area (Å²) in [4.78, 5) is 41.8. The topological polar surface area (TPSA) is 122 Å². The normalized spacial score (nSPS) is 18.5. The molecule has 33 heavy (non-hydrogen) atoms. The van der Waals surface area contributed by atoms with E-state index in [1.807, 2.05) is 30.3 Å². The Hall–Kier alpha value is -2.40. The van der Waals surface area contributed by atoms with Gasteiger partial charge in [-0.3, -0.25) is 19.1 Å². The number of methoxy groups -OCH3 is 1. The van der Waals surface area contributed by atoms with E-state index in [0.29, 0.717) is 13.0 Å². The summed E-state index contributed by atoms with van der Waals surface area (Å²) < 4.78 is 5.15. The number of aromatic amines is 1. The number of ether oxygens (including phenoxy) is 1. The van der Waals surface area contributed by atoms with Gasteiger partial charge in [0, 0.05) is 20.3 Å². The first kappa shape index (κ1) is 25.2.